The summed E-state index contributed by atoms with van der Waals surface area (Å²) < 4.78 is 1.11. The number of aromatic amines is 1. The predicted octanol–water partition coefficient (Wildman–Crippen LogP) is 2.86. The van der Waals surface area contributed by atoms with Crippen molar-refractivity contribution in [2.24, 2.45) is 0 Å². The lowest BCUT2D eigenvalue weighted by molar-refractivity contribution is 0.244. The van der Waals surface area contributed by atoms with E-state index < -0.39 is 0 Å². The van der Waals surface area contributed by atoms with Gasteiger partial charge in [0.25, 0.3) is 0 Å². The predicted molar refractivity (Wildman–Crippen MR) is 90.3 cm³/mol. The van der Waals surface area contributed by atoms with E-state index in [2.05, 4.69) is 60.2 Å². The van der Waals surface area contributed by atoms with Crippen LogP contribution >= 0.6 is 15.9 Å². The summed E-state index contributed by atoms with van der Waals surface area (Å²) in [6.07, 6.45) is 4.88. The molecule has 0 fully saturated rings. The first-order valence-electron chi connectivity index (χ1n) is 7.27. The summed E-state index contributed by atoms with van der Waals surface area (Å²) in [6.45, 7) is 2.78. The molecule has 0 radical (unpaired) electrons. The molecule has 3 aromatic rings. The Kier molecular flexibility index (Phi) is 3.35. The molecule has 0 aliphatic carbocycles. The molecular weight excluding hydrogens is 342 g/mol. The number of nitrogen functional groups attached to an aromatic ring is 1. The number of H-pyrrole nitrogens is 1. The summed E-state index contributed by atoms with van der Waals surface area (Å²) in [5.41, 5.74) is 10.4. The quantitative estimate of drug-likeness (QED) is 0.739. The highest BCUT2D eigenvalue weighted by Crippen LogP contribution is 2.25. The topological polar surface area (TPSA) is 70.8 Å². The lowest BCUT2D eigenvalue weighted by Crippen LogP contribution is -2.31. The molecule has 1 aromatic carbocycles. The molecule has 0 saturated carbocycles. The number of aromatic nitrogens is 3. The maximum Gasteiger partial charge on any atom is 0.220 e. The van der Waals surface area contributed by atoms with Crippen molar-refractivity contribution in [2.45, 2.75) is 19.5 Å². The molecular formula is C16H16BrN5. The molecule has 6 heteroatoms. The van der Waals surface area contributed by atoms with Crippen LogP contribution in [-0.2, 0) is 19.5 Å². The molecule has 5 nitrogen and oxygen atoms in total. The average molecular weight is 358 g/mol. The van der Waals surface area contributed by atoms with Crippen LogP contribution in [0.1, 0.15) is 16.8 Å². The third kappa shape index (κ3) is 2.48. The molecule has 0 saturated heterocycles. The third-order valence-corrected chi connectivity index (χ3v) is 4.65. The minimum atomic E-state index is 0.369. The van der Waals surface area contributed by atoms with Crippen LogP contribution in [0.2, 0.25) is 0 Å². The summed E-state index contributed by atoms with van der Waals surface area (Å²) in [7, 11) is 0. The van der Waals surface area contributed by atoms with E-state index in [4.69, 9.17) is 5.73 Å². The second-order valence-electron chi connectivity index (χ2n) is 5.66. The molecule has 1 aliphatic rings. The Bertz CT molecular complexity index is 842. The molecule has 0 spiro atoms. The highest BCUT2D eigenvalue weighted by Gasteiger charge is 2.19. The van der Waals surface area contributed by atoms with Crippen LogP contribution in [0.4, 0.5) is 5.95 Å². The molecule has 0 amide bonds. The van der Waals surface area contributed by atoms with E-state index >= 15 is 0 Å². The maximum absolute atomic E-state index is 5.66. The summed E-state index contributed by atoms with van der Waals surface area (Å²) in [5, 5.41) is 1.27. The summed E-state index contributed by atoms with van der Waals surface area (Å²) in [4.78, 5) is 14.2. The van der Waals surface area contributed by atoms with E-state index in [1.54, 1.807) is 0 Å². The molecule has 0 unspecified atom stereocenters. The number of nitrogens with two attached hydrogens (primary N) is 1. The van der Waals surface area contributed by atoms with E-state index in [-0.39, 0.29) is 0 Å². The standard InChI is InChI=1S/C16H16BrN5/c17-12-1-2-15-13(5-12)10(6-19-15)8-22-4-3-14-11(9-22)7-20-16(18)21-14/h1-2,5-7,19H,3-4,8-9H2,(H2,18,20,21). The zero-order chi connectivity index (χ0) is 15.1. The SMILES string of the molecule is Nc1ncc2c(n1)CCN(Cc1c[nH]c3ccc(Br)cc13)C2. The Balaban J connectivity index is 1.59. The van der Waals surface area contributed by atoms with Gasteiger partial charge in [0.05, 0.1) is 5.69 Å². The summed E-state index contributed by atoms with van der Waals surface area (Å²) in [5.74, 6) is 0.369. The van der Waals surface area contributed by atoms with Crippen LogP contribution in [0.15, 0.2) is 35.1 Å². The minimum Gasteiger partial charge on any atom is -0.368 e. The van der Waals surface area contributed by atoms with Gasteiger partial charge in [-0.1, -0.05) is 15.9 Å². The van der Waals surface area contributed by atoms with Gasteiger partial charge >= 0.3 is 0 Å². The second kappa shape index (κ2) is 5.37. The van der Waals surface area contributed by atoms with Gasteiger partial charge in [0, 0.05) is 59.4 Å². The number of benzene rings is 1. The highest BCUT2D eigenvalue weighted by atomic mass is 79.9. The number of rotatable bonds is 2. The Morgan fingerprint density at radius 1 is 1.36 bits per heavy atom. The number of hydrogen-bond acceptors (Lipinski definition) is 4. The third-order valence-electron chi connectivity index (χ3n) is 4.16. The lowest BCUT2D eigenvalue weighted by atomic mass is 10.1. The largest absolute Gasteiger partial charge is 0.368 e. The smallest absolute Gasteiger partial charge is 0.220 e. The highest BCUT2D eigenvalue weighted by molar-refractivity contribution is 9.10. The van der Waals surface area contributed by atoms with Gasteiger partial charge in [0.1, 0.15) is 0 Å². The fraction of sp³-hybridized carbons (Fsp3) is 0.250. The molecule has 3 heterocycles. The van der Waals surface area contributed by atoms with Crippen LogP contribution in [0.3, 0.4) is 0 Å². The molecule has 3 N–H and O–H groups in total. The van der Waals surface area contributed by atoms with Crippen LogP contribution in [-0.4, -0.2) is 26.4 Å². The fourth-order valence-corrected chi connectivity index (χ4v) is 3.41. The molecule has 22 heavy (non-hydrogen) atoms. The van der Waals surface area contributed by atoms with E-state index in [9.17, 15) is 0 Å². The second-order valence-corrected chi connectivity index (χ2v) is 6.58. The zero-order valence-corrected chi connectivity index (χ0v) is 13.6. The number of hydrogen-bond donors (Lipinski definition) is 2. The van der Waals surface area contributed by atoms with Crippen molar-refractivity contribution >= 4 is 32.8 Å². The number of halogens is 1. The van der Waals surface area contributed by atoms with Gasteiger partial charge in [0.2, 0.25) is 5.95 Å². The maximum atomic E-state index is 5.66. The van der Waals surface area contributed by atoms with Crippen molar-refractivity contribution in [2.75, 3.05) is 12.3 Å². The van der Waals surface area contributed by atoms with Crippen molar-refractivity contribution in [3.8, 4) is 0 Å². The number of anilines is 1. The first-order chi connectivity index (χ1) is 10.7. The van der Waals surface area contributed by atoms with Crippen LogP contribution in [0, 0.1) is 0 Å². The minimum absolute atomic E-state index is 0.369. The van der Waals surface area contributed by atoms with Gasteiger partial charge in [-0.15, -0.1) is 0 Å². The van der Waals surface area contributed by atoms with Crippen molar-refractivity contribution in [1.82, 2.24) is 19.9 Å². The van der Waals surface area contributed by atoms with Crippen LogP contribution in [0.5, 0.6) is 0 Å². The first kappa shape index (κ1) is 13.7. The van der Waals surface area contributed by atoms with Crippen molar-refractivity contribution < 1.29 is 0 Å². The van der Waals surface area contributed by atoms with Gasteiger partial charge in [-0.2, -0.15) is 0 Å². The Morgan fingerprint density at radius 2 is 2.27 bits per heavy atom. The van der Waals surface area contributed by atoms with Gasteiger partial charge in [-0.3, -0.25) is 4.90 Å². The molecule has 0 atom stereocenters. The van der Waals surface area contributed by atoms with Crippen molar-refractivity contribution in [3.05, 3.63) is 51.9 Å². The average Bonchev–Trinajstić information content (AvgIpc) is 2.90. The normalized spacial score (nSPS) is 15.1. The van der Waals surface area contributed by atoms with Crippen LogP contribution in [0.25, 0.3) is 10.9 Å². The van der Waals surface area contributed by atoms with Crippen molar-refractivity contribution in [1.29, 1.82) is 0 Å². The fourth-order valence-electron chi connectivity index (χ4n) is 3.05. The Hall–Kier alpha value is -1.92. The zero-order valence-electron chi connectivity index (χ0n) is 12.0. The summed E-state index contributed by atoms with van der Waals surface area (Å²) >= 11 is 3.55. The Labute approximate surface area is 136 Å². The van der Waals surface area contributed by atoms with Crippen molar-refractivity contribution in [3.63, 3.8) is 0 Å². The molecule has 112 valence electrons. The van der Waals surface area contributed by atoms with Gasteiger partial charge in [0.15, 0.2) is 0 Å². The van der Waals surface area contributed by atoms with Gasteiger partial charge in [-0.25, -0.2) is 9.97 Å². The van der Waals surface area contributed by atoms with E-state index in [1.165, 1.54) is 22.0 Å². The Morgan fingerprint density at radius 3 is 3.18 bits per heavy atom. The number of fused-ring (bicyclic) bond motifs is 2. The molecule has 0 bridgehead atoms. The molecule has 4 rings (SSSR count). The van der Waals surface area contributed by atoms with Crippen LogP contribution < -0.4 is 5.73 Å². The lowest BCUT2D eigenvalue weighted by Gasteiger charge is -2.27. The molecule has 2 aromatic heterocycles. The first-order valence-corrected chi connectivity index (χ1v) is 8.06. The molecule has 1 aliphatic heterocycles. The van der Waals surface area contributed by atoms with Gasteiger partial charge in [-0.05, 0) is 23.8 Å². The van der Waals surface area contributed by atoms with E-state index in [0.717, 1.165) is 36.2 Å². The van der Waals surface area contributed by atoms with E-state index in [1.807, 2.05) is 6.20 Å². The van der Waals surface area contributed by atoms with Gasteiger partial charge < -0.3 is 10.7 Å². The monoisotopic (exact) mass is 357 g/mol. The van der Waals surface area contributed by atoms with E-state index in [0.29, 0.717) is 5.95 Å². The summed E-state index contributed by atoms with van der Waals surface area (Å²) in [6, 6.07) is 6.33. The number of nitrogens with one attached hydrogen (secondary N) is 1. The number of nitrogens with zero attached hydrogens (tertiary/aromatic N) is 3.